The number of halogens is 3. The summed E-state index contributed by atoms with van der Waals surface area (Å²) >= 11 is 0. The number of hydroxylamine groups is 1. The molecule has 2 rings (SSSR count). The summed E-state index contributed by atoms with van der Waals surface area (Å²) in [6.45, 7) is 0.410. The number of alkyl halides is 3. The summed E-state index contributed by atoms with van der Waals surface area (Å²) in [7, 11) is 0. The fourth-order valence-electron chi connectivity index (χ4n) is 1.66. The lowest BCUT2D eigenvalue weighted by Gasteiger charge is -2.15. The third-order valence-electron chi connectivity index (χ3n) is 2.69. The van der Waals surface area contributed by atoms with Gasteiger partial charge in [-0.2, -0.15) is 18.7 Å². The van der Waals surface area contributed by atoms with Crippen molar-refractivity contribution in [1.82, 2.24) is 15.0 Å². The second-order valence-electron chi connectivity index (χ2n) is 4.30. The molecule has 0 amide bonds. The van der Waals surface area contributed by atoms with Crippen LogP contribution in [0.2, 0.25) is 0 Å². The van der Waals surface area contributed by atoms with E-state index < -0.39 is 12.8 Å². The van der Waals surface area contributed by atoms with Gasteiger partial charge in [0.05, 0.1) is 12.4 Å². The van der Waals surface area contributed by atoms with E-state index in [4.69, 9.17) is 0 Å². The molecule has 0 aliphatic heterocycles. The molecule has 0 saturated heterocycles. The maximum absolute atomic E-state index is 11.9. The minimum Gasteiger partial charge on any atom is -0.306 e. The van der Waals surface area contributed by atoms with E-state index in [9.17, 15) is 13.2 Å². The van der Waals surface area contributed by atoms with Crippen LogP contribution in [0.15, 0.2) is 43.0 Å². The van der Waals surface area contributed by atoms with Gasteiger partial charge < -0.3 is 4.57 Å². The second-order valence-corrected chi connectivity index (χ2v) is 4.30. The van der Waals surface area contributed by atoms with Crippen LogP contribution >= 0.6 is 0 Å². The van der Waals surface area contributed by atoms with E-state index in [1.807, 2.05) is 35.0 Å². The Morgan fingerprint density at radius 2 is 2.00 bits per heavy atom. The molecule has 1 aromatic heterocycles. The third-order valence-corrected chi connectivity index (χ3v) is 2.69. The number of aromatic nitrogens is 2. The first kappa shape index (κ1) is 14.5. The maximum Gasteiger partial charge on any atom is 0.413 e. The third kappa shape index (κ3) is 4.07. The van der Waals surface area contributed by atoms with Gasteiger partial charge in [-0.25, -0.2) is 4.98 Å². The van der Waals surface area contributed by atoms with Crippen molar-refractivity contribution in [3.8, 4) is 5.69 Å². The molecular formula is C13H14F3N3O. The van der Waals surface area contributed by atoms with E-state index in [0.717, 1.165) is 11.3 Å². The van der Waals surface area contributed by atoms with Crippen molar-refractivity contribution < 1.29 is 18.0 Å². The molecule has 7 heteroatoms. The quantitative estimate of drug-likeness (QED) is 0.858. The van der Waals surface area contributed by atoms with E-state index in [1.165, 1.54) is 0 Å². The highest BCUT2D eigenvalue weighted by Crippen LogP contribution is 2.17. The molecule has 0 bridgehead atoms. The van der Waals surface area contributed by atoms with Crippen molar-refractivity contribution in [1.29, 1.82) is 0 Å². The molecule has 1 N–H and O–H groups in total. The van der Waals surface area contributed by atoms with Gasteiger partial charge in [0.25, 0.3) is 0 Å². The predicted molar refractivity (Wildman–Crippen MR) is 67.1 cm³/mol. The molecule has 0 spiro atoms. The van der Waals surface area contributed by atoms with Crippen LogP contribution < -0.4 is 5.48 Å². The molecule has 1 unspecified atom stereocenters. The largest absolute Gasteiger partial charge is 0.413 e. The Labute approximate surface area is 114 Å². The van der Waals surface area contributed by atoms with Gasteiger partial charge in [0, 0.05) is 18.1 Å². The Bertz CT molecular complexity index is 523. The standard InChI is InChI=1S/C13H14F3N3O/c1-10(18-20-8-13(14,15)16)11-2-4-12(5-3-11)19-7-6-17-9-19/h2-7,9-10,18H,8H2,1H3. The molecule has 1 heterocycles. The molecular weight excluding hydrogens is 271 g/mol. The molecule has 0 saturated carbocycles. The summed E-state index contributed by atoms with van der Waals surface area (Å²) in [5.41, 5.74) is 4.13. The minimum absolute atomic E-state index is 0.339. The topological polar surface area (TPSA) is 39.1 Å². The number of benzene rings is 1. The molecule has 1 aromatic carbocycles. The maximum atomic E-state index is 11.9. The molecule has 0 aliphatic carbocycles. The van der Waals surface area contributed by atoms with Gasteiger partial charge >= 0.3 is 6.18 Å². The first-order chi connectivity index (χ1) is 9.46. The van der Waals surface area contributed by atoms with Gasteiger partial charge in [-0.15, -0.1) is 0 Å². The SMILES string of the molecule is CC(NOCC(F)(F)F)c1ccc(-n2ccnc2)cc1. The van der Waals surface area contributed by atoms with Crippen LogP contribution in [0.5, 0.6) is 0 Å². The van der Waals surface area contributed by atoms with Gasteiger partial charge in [0.2, 0.25) is 0 Å². The highest BCUT2D eigenvalue weighted by molar-refractivity contribution is 5.35. The van der Waals surface area contributed by atoms with Crippen molar-refractivity contribution in [2.75, 3.05) is 6.61 Å². The van der Waals surface area contributed by atoms with E-state index >= 15 is 0 Å². The summed E-state index contributed by atoms with van der Waals surface area (Å²) in [4.78, 5) is 8.37. The Balaban J connectivity index is 1.92. The molecule has 2 aromatic rings. The second kappa shape index (κ2) is 6.06. The monoisotopic (exact) mass is 285 g/mol. The summed E-state index contributed by atoms with van der Waals surface area (Å²) in [5, 5.41) is 0. The number of nitrogens with zero attached hydrogens (tertiary/aromatic N) is 2. The number of nitrogens with one attached hydrogen (secondary N) is 1. The van der Waals surface area contributed by atoms with E-state index in [1.54, 1.807) is 19.4 Å². The summed E-state index contributed by atoms with van der Waals surface area (Å²) in [5.74, 6) is 0. The normalized spacial score (nSPS) is 13.4. The summed E-state index contributed by atoms with van der Waals surface area (Å²) in [6, 6.07) is 7.03. The number of rotatable bonds is 5. The van der Waals surface area contributed by atoms with Crippen LogP contribution in [0.3, 0.4) is 0 Å². The zero-order valence-electron chi connectivity index (χ0n) is 10.8. The molecule has 4 nitrogen and oxygen atoms in total. The molecule has 0 aliphatic rings. The molecule has 1 atom stereocenters. The lowest BCUT2D eigenvalue weighted by atomic mass is 10.1. The number of hydrogen-bond acceptors (Lipinski definition) is 3. The van der Waals surface area contributed by atoms with Crippen molar-refractivity contribution in [3.05, 3.63) is 48.5 Å². The van der Waals surface area contributed by atoms with Crippen LogP contribution in [0, 0.1) is 0 Å². The zero-order chi connectivity index (χ0) is 14.6. The summed E-state index contributed by atoms with van der Waals surface area (Å²) < 4.78 is 37.7. The van der Waals surface area contributed by atoms with Gasteiger partial charge in [-0.3, -0.25) is 4.84 Å². The highest BCUT2D eigenvalue weighted by atomic mass is 19.4. The van der Waals surface area contributed by atoms with Gasteiger partial charge in [-0.05, 0) is 24.6 Å². The zero-order valence-corrected chi connectivity index (χ0v) is 10.8. The van der Waals surface area contributed by atoms with Crippen LogP contribution in [0.1, 0.15) is 18.5 Å². The van der Waals surface area contributed by atoms with Crippen LogP contribution in [-0.2, 0) is 4.84 Å². The Hall–Kier alpha value is -1.86. The Kier molecular flexibility index (Phi) is 4.41. The Morgan fingerprint density at radius 1 is 1.30 bits per heavy atom. The van der Waals surface area contributed by atoms with Gasteiger partial charge in [-0.1, -0.05) is 12.1 Å². The molecule has 0 radical (unpaired) electrons. The van der Waals surface area contributed by atoms with Crippen molar-refractivity contribution >= 4 is 0 Å². The van der Waals surface area contributed by atoms with Crippen molar-refractivity contribution in [2.24, 2.45) is 0 Å². The first-order valence-corrected chi connectivity index (χ1v) is 5.98. The van der Waals surface area contributed by atoms with Crippen molar-refractivity contribution in [3.63, 3.8) is 0 Å². The first-order valence-electron chi connectivity index (χ1n) is 5.98. The summed E-state index contributed by atoms with van der Waals surface area (Å²) in [6.07, 6.45) is 0.813. The lowest BCUT2D eigenvalue weighted by Crippen LogP contribution is -2.26. The molecule has 108 valence electrons. The van der Waals surface area contributed by atoms with Crippen LogP contribution in [0.4, 0.5) is 13.2 Å². The number of imidazole rings is 1. The molecule has 20 heavy (non-hydrogen) atoms. The average Bonchev–Trinajstić information content (AvgIpc) is 2.91. The van der Waals surface area contributed by atoms with E-state index in [-0.39, 0.29) is 6.04 Å². The van der Waals surface area contributed by atoms with Gasteiger partial charge in [0.15, 0.2) is 6.61 Å². The lowest BCUT2D eigenvalue weighted by molar-refractivity contribution is -0.192. The van der Waals surface area contributed by atoms with Crippen molar-refractivity contribution in [2.45, 2.75) is 19.1 Å². The fourth-order valence-corrected chi connectivity index (χ4v) is 1.66. The molecule has 0 fully saturated rings. The van der Waals surface area contributed by atoms with Crippen LogP contribution in [-0.4, -0.2) is 22.3 Å². The van der Waals surface area contributed by atoms with Gasteiger partial charge in [0.1, 0.15) is 0 Å². The average molecular weight is 285 g/mol. The highest BCUT2D eigenvalue weighted by Gasteiger charge is 2.28. The number of hydrogen-bond donors (Lipinski definition) is 1. The Morgan fingerprint density at radius 3 is 2.55 bits per heavy atom. The van der Waals surface area contributed by atoms with Crippen LogP contribution in [0.25, 0.3) is 5.69 Å². The smallest absolute Gasteiger partial charge is 0.306 e. The fraction of sp³-hybridized carbons (Fsp3) is 0.308. The minimum atomic E-state index is -4.34. The van der Waals surface area contributed by atoms with E-state index in [0.29, 0.717) is 0 Å². The van der Waals surface area contributed by atoms with E-state index in [2.05, 4.69) is 15.3 Å². The predicted octanol–water partition coefficient (Wildman–Crippen LogP) is 3.02.